The van der Waals surface area contributed by atoms with Gasteiger partial charge in [0.05, 0.1) is 17.4 Å². The van der Waals surface area contributed by atoms with Gasteiger partial charge >= 0.3 is 0 Å². The number of pyridine rings is 2. The van der Waals surface area contributed by atoms with E-state index in [4.69, 9.17) is 5.73 Å². The van der Waals surface area contributed by atoms with Crippen LogP contribution in [0.3, 0.4) is 0 Å². The fourth-order valence-corrected chi connectivity index (χ4v) is 3.01. The van der Waals surface area contributed by atoms with E-state index in [-0.39, 0.29) is 0 Å². The second-order valence-electron chi connectivity index (χ2n) is 4.29. The van der Waals surface area contributed by atoms with Crippen LogP contribution in [0.15, 0.2) is 58.6 Å². The van der Waals surface area contributed by atoms with Crippen LogP contribution < -0.4 is 5.73 Å². The highest BCUT2D eigenvalue weighted by molar-refractivity contribution is 7.99. The monoisotopic (exact) mass is 267 g/mol. The lowest BCUT2D eigenvalue weighted by atomic mass is 10.2. The third-order valence-corrected chi connectivity index (χ3v) is 3.99. The summed E-state index contributed by atoms with van der Waals surface area (Å²) >= 11 is 1.65. The molecule has 0 fully saturated rings. The summed E-state index contributed by atoms with van der Waals surface area (Å²) in [7, 11) is 0. The maximum Gasteiger partial charge on any atom is 0.0716 e. The fourth-order valence-electron chi connectivity index (χ4n) is 1.96. The first-order valence-electron chi connectivity index (χ1n) is 5.98. The average Bonchev–Trinajstić information content (AvgIpc) is 2.41. The maximum absolute atomic E-state index is 5.95. The lowest BCUT2D eigenvalue weighted by molar-refractivity contribution is 1.21. The molecular weight excluding hydrogens is 254 g/mol. The van der Waals surface area contributed by atoms with Gasteiger partial charge in [0.25, 0.3) is 0 Å². The van der Waals surface area contributed by atoms with Crippen molar-refractivity contribution in [2.75, 3.05) is 5.73 Å². The number of nitrogens with zero attached hydrogens (tertiary/aromatic N) is 2. The van der Waals surface area contributed by atoms with Crippen LogP contribution in [-0.4, -0.2) is 9.97 Å². The van der Waals surface area contributed by atoms with Crippen LogP contribution >= 0.6 is 11.8 Å². The molecule has 2 aromatic heterocycles. The number of nitrogen functional groups attached to an aromatic ring is 1. The van der Waals surface area contributed by atoms with Crippen molar-refractivity contribution in [2.24, 2.45) is 0 Å². The summed E-state index contributed by atoms with van der Waals surface area (Å²) in [5.74, 6) is 0. The Morgan fingerprint density at radius 3 is 2.79 bits per heavy atom. The molecule has 3 nitrogen and oxygen atoms in total. The van der Waals surface area contributed by atoms with Crippen molar-refractivity contribution < 1.29 is 0 Å². The van der Waals surface area contributed by atoms with Gasteiger partial charge in [0.15, 0.2) is 0 Å². The molecule has 0 aliphatic rings. The predicted octanol–water partition coefficient (Wildman–Crippen LogP) is 3.67. The lowest BCUT2D eigenvalue weighted by Gasteiger charge is -2.08. The van der Waals surface area contributed by atoms with Gasteiger partial charge in [-0.05, 0) is 25.1 Å². The zero-order chi connectivity index (χ0) is 13.2. The molecule has 2 heterocycles. The van der Waals surface area contributed by atoms with Gasteiger partial charge in [0.1, 0.15) is 0 Å². The Morgan fingerprint density at radius 1 is 1.11 bits per heavy atom. The second-order valence-corrected chi connectivity index (χ2v) is 5.38. The van der Waals surface area contributed by atoms with Gasteiger partial charge in [0, 0.05) is 27.1 Å². The molecule has 0 bridgehead atoms. The molecule has 0 amide bonds. The van der Waals surface area contributed by atoms with Crippen molar-refractivity contribution in [1.82, 2.24) is 9.97 Å². The van der Waals surface area contributed by atoms with Crippen LogP contribution in [0.4, 0.5) is 5.69 Å². The summed E-state index contributed by atoms with van der Waals surface area (Å²) in [6.07, 6.45) is 3.44. The molecule has 94 valence electrons. The minimum atomic E-state index is 0.700. The van der Waals surface area contributed by atoms with Gasteiger partial charge < -0.3 is 5.73 Å². The molecule has 0 saturated carbocycles. The Kier molecular flexibility index (Phi) is 3.09. The number of fused-ring (bicyclic) bond motifs is 1. The Bertz CT molecular complexity index is 740. The number of aromatic nitrogens is 2. The zero-order valence-electron chi connectivity index (χ0n) is 10.5. The van der Waals surface area contributed by atoms with Crippen molar-refractivity contribution in [3.05, 3.63) is 54.5 Å². The lowest BCUT2D eigenvalue weighted by Crippen LogP contribution is -1.90. The first-order chi connectivity index (χ1) is 9.24. The Labute approximate surface area is 115 Å². The van der Waals surface area contributed by atoms with E-state index in [9.17, 15) is 0 Å². The third kappa shape index (κ3) is 2.39. The van der Waals surface area contributed by atoms with E-state index < -0.39 is 0 Å². The van der Waals surface area contributed by atoms with Crippen molar-refractivity contribution in [3.8, 4) is 0 Å². The number of rotatable bonds is 2. The second kappa shape index (κ2) is 4.90. The normalized spacial score (nSPS) is 10.8. The number of nitrogens with two attached hydrogens (primary N) is 1. The summed E-state index contributed by atoms with van der Waals surface area (Å²) in [5.41, 5.74) is 8.67. The van der Waals surface area contributed by atoms with Gasteiger partial charge in [0.2, 0.25) is 0 Å². The van der Waals surface area contributed by atoms with E-state index in [0.717, 1.165) is 21.5 Å². The Morgan fingerprint density at radius 2 is 1.95 bits per heavy atom. The molecule has 0 radical (unpaired) electrons. The van der Waals surface area contributed by atoms with E-state index >= 15 is 0 Å². The first-order valence-corrected chi connectivity index (χ1v) is 6.79. The van der Waals surface area contributed by atoms with E-state index in [1.807, 2.05) is 31.2 Å². The van der Waals surface area contributed by atoms with Gasteiger partial charge in [-0.15, -0.1) is 0 Å². The third-order valence-electron chi connectivity index (χ3n) is 2.84. The summed E-state index contributed by atoms with van der Waals surface area (Å²) in [6.45, 7) is 2.01. The van der Waals surface area contributed by atoms with Crippen LogP contribution in [-0.2, 0) is 0 Å². The van der Waals surface area contributed by atoms with Crippen molar-refractivity contribution in [1.29, 1.82) is 0 Å². The van der Waals surface area contributed by atoms with Crippen LogP contribution in [0.25, 0.3) is 10.9 Å². The molecule has 0 unspecified atom stereocenters. The fraction of sp³-hybridized carbons (Fsp3) is 0.0667. The average molecular weight is 267 g/mol. The topological polar surface area (TPSA) is 51.8 Å². The van der Waals surface area contributed by atoms with Gasteiger partial charge in [-0.1, -0.05) is 30.0 Å². The predicted molar refractivity (Wildman–Crippen MR) is 79.3 cm³/mol. The van der Waals surface area contributed by atoms with Crippen molar-refractivity contribution in [3.63, 3.8) is 0 Å². The van der Waals surface area contributed by atoms with E-state index in [1.54, 1.807) is 24.2 Å². The number of aryl methyl sites for hydroxylation is 1. The van der Waals surface area contributed by atoms with E-state index in [1.165, 1.54) is 4.90 Å². The highest BCUT2D eigenvalue weighted by Gasteiger charge is 2.07. The quantitative estimate of drug-likeness (QED) is 0.769. The zero-order valence-corrected chi connectivity index (χ0v) is 11.3. The van der Waals surface area contributed by atoms with Crippen LogP contribution in [0, 0.1) is 6.92 Å². The van der Waals surface area contributed by atoms with E-state index in [2.05, 4.69) is 22.1 Å². The van der Waals surface area contributed by atoms with Crippen LogP contribution in [0.5, 0.6) is 0 Å². The van der Waals surface area contributed by atoms with Gasteiger partial charge in [-0.3, -0.25) is 9.97 Å². The summed E-state index contributed by atoms with van der Waals surface area (Å²) in [6, 6.07) is 12.2. The summed E-state index contributed by atoms with van der Waals surface area (Å²) in [4.78, 5) is 10.7. The molecule has 0 saturated heterocycles. The molecule has 3 aromatic rings. The van der Waals surface area contributed by atoms with Gasteiger partial charge in [-0.25, -0.2) is 0 Å². The molecule has 3 rings (SSSR count). The highest BCUT2D eigenvalue weighted by atomic mass is 32.2. The number of anilines is 1. The van der Waals surface area contributed by atoms with Crippen LogP contribution in [0.1, 0.15) is 5.69 Å². The van der Waals surface area contributed by atoms with Crippen LogP contribution in [0.2, 0.25) is 0 Å². The smallest absolute Gasteiger partial charge is 0.0716 e. The maximum atomic E-state index is 5.95. The van der Waals surface area contributed by atoms with Gasteiger partial charge in [-0.2, -0.15) is 0 Å². The minimum Gasteiger partial charge on any atom is -0.397 e. The molecule has 0 atom stereocenters. The van der Waals surface area contributed by atoms with Crippen molar-refractivity contribution in [2.45, 2.75) is 16.7 Å². The molecule has 0 aliphatic heterocycles. The first kappa shape index (κ1) is 12.0. The number of para-hydroxylation sites is 1. The molecule has 0 aliphatic carbocycles. The molecular formula is C15H13N3S. The molecule has 19 heavy (non-hydrogen) atoms. The highest BCUT2D eigenvalue weighted by Crippen LogP contribution is 2.35. The SMILES string of the molecule is Cc1cc(Sc2ccncc2N)c2ccccc2n1. The van der Waals surface area contributed by atoms with E-state index in [0.29, 0.717) is 5.69 Å². The molecule has 1 aromatic carbocycles. The standard InChI is InChI=1S/C15H13N3S/c1-10-8-15(11-4-2-3-5-13(11)18-10)19-14-6-7-17-9-12(14)16/h2-9H,16H2,1H3. The van der Waals surface area contributed by atoms with Crippen molar-refractivity contribution >= 4 is 28.4 Å². The Hall–Kier alpha value is -2.07. The minimum absolute atomic E-state index is 0.700. The molecule has 0 spiro atoms. The summed E-state index contributed by atoms with van der Waals surface area (Å²) in [5, 5.41) is 1.15. The molecule has 4 heteroatoms. The number of hydrogen-bond acceptors (Lipinski definition) is 4. The largest absolute Gasteiger partial charge is 0.397 e. The summed E-state index contributed by atoms with van der Waals surface area (Å²) < 4.78 is 0. The number of hydrogen-bond donors (Lipinski definition) is 1. The Balaban J connectivity index is 2.13. The number of benzene rings is 1. The molecule has 2 N–H and O–H groups in total.